The number of nitrogens with one attached hydrogen (secondary N) is 2. The average Bonchev–Trinajstić information content (AvgIpc) is 2.22. The summed E-state index contributed by atoms with van der Waals surface area (Å²) < 4.78 is 9.43. The van der Waals surface area contributed by atoms with Crippen LogP contribution < -0.4 is 10.6 Å². The second-order valence-corrected chi connectivity index (χ2v) is 2.75. The van der Waals surface area contributed by atoms with Gasteiger partial charge in [-0.1, -0.05) is 0 Å². The van der Waals surface area contributed by atoms with Gasteiger partial charge in [-0.15, -0.1) is 12.4 Å². The SMILES string of the molecule is CCOC(=O)CNC(=O)CNCCOC.Cl. The number of methoxy groups -OCH3 is 1. The summed E-state index contributed by atoms with van der Waals surface area (Å²) in [5.74, 6) is -0.665. The van der Waals surface area contributed by atoms with E-state index >= 15 is 0 Å². The molecule has 0 bridgehead atoms. The van der Waals surface area contributed by atoms with E-state index in [0.717, 1.165) is 0 Å². The summed E-state index contributed by atoms with van der Waals surface area (Å²) in [7, 11) is 1.59. The Morgan fingerprint density at radius 1 is 1.25 bits per heavy atom. The number of halogens is 1. The minimum Gasteiger partial charge on any atom is -0.465 e. The van der Waals surface area contributed by atoms with E-state index in [1.807, 2.05) is 0 Å². The van der Waals surface area contributed by atoms with E-state index in [1.54, 1.807) is 14.0 Å². The van der Waals surface area contributed by atoms with Gasteiger partial charge in [-0.05, 0) is 6.92 Å². The lowest BCUT2D eigenvalue weighted by molar-refractivity contribution is -0.143. The number of rotatable bonds is 8. The number of carbonyl (C=O) groups is 2. The maximum atomic E-state index is 11.1. The van der Waals surface area contributed by atoms with E-state index in [4.69, 9.17) is 4.74 Å². The lowest BCUT2D eigenvalue weighted by Gasteiger charge is -2.05. The van der Waals surface area contributed by atoms with Crippen LogP contribution in [0.1, 0.15) is 6.92 Å². The van der Waals surface area contributed by atoms with Crippen molar-refractivity contribution in [2.45, 2.75) is 6.92 Å². The predicted molar refractivity (Wildman–Crippen MR) is 61.6 cm³/mol. The van der Waals surface area contributed by atoms with Gasteiger partial charge in [0.2, 0.25) is 5.91 Å². The molecule has 0 heterocycles. The molecule has 7 heteroatoms. The van der Waals surface area contributed by atoms with Crippen molar-refractivity contribution in [2.75, 3.05) is 40.0 Å². The van der Waals surface area contributed by atoms with E-state index in [1.165, 1.54) is 0 Å². The van der Waals surface area contributed by atoms with Crippen LogP contribution in [-0.2, 0) is 19.1 Å². The maximum Gasteiger partial charge on any atom is 0.325 e. The predicted octanol–water partition coefficient (Wildman–Crippen LogP) is -0.676. The van der Waals surface area contributed by atoms with Gasteiger partial charge in [-0.25, -0.2) is 0 Å². The zero-order valence-electron chi connectivity index (χ0n) is 9.58. The van der Waals surface area contributed by atoms with Crippen LogP contribution >= 0.6 is 12.4 Å². The van der Waals surface area contributed by atoms with Gasteiger partial charge in [0, 0.05) is 13.7 Å². The summed E-state index contributed by atoms with van der Waals surface area (Å²) in [4.78, 5) is 21.9. The minimum atomic E-state index is -0.428. The van der Waals surface area contributed by atoms with Crippen molar-refractivity contribution < 1.29 is 19.1 Å². The van der Waals surface area contributed by atoms with Gasteiger partial charge < -0.3 is 20.1 Å². The molecule has 16 heavy (non-hydrogen) atoms. The smallest absolute Gasteiger partial charge is 0.325 e. The molecule has 0 unspecified atom stereocenters. The normalized spacial score (nSPS) is 9.12. The van der Waals surface area contributed by atoms with Crippen LogP contribution in [0, 0.1) is 0 Å². The van der Waals surface area contributed by atoms with E-state index in [2.05, 4.69) is 15.4 Å². The molecule has 1 amide bonds. The van der Waals surface area contributed by atoms with Crippen molar-refractivity contribution in [3.05, 3.63) is 0 Å². The molecule has 0 radical (unpaired) electrons. The molecule has 0 aliphatic rings. The third kappa shape index (κ3) is 11.2. The number of hydrogen-bond donors (Lipinski definition) is 2. The highest BCUT2D eigenvalue weighted by atomic mass is 35.5. The highest BCUT2D eigenvalue weighted by Gasteiger charge is 2.04. The number of esters is 1. The average molecular weight is 255 g/mol. The molecule has 0 aliphatic heterocycles. The number of amides is 1. The quantitative estimate of drug-likeness (QED) is 0.444. The molecule has 0 saturated heterocycles. The summed E-state index contributed by atoms with van der Waals surface area (Å²) in [6, 6.07) is 0. The molecule has 0 saturated carbocycles. The third-order valence-corrected chi connectivity index (χ3v) is 1.50. The Morgan fingerprint density at radius 3 is 2.50 bits per heavy atom. The first kappa shape index (κ1) is 17.5. The summed E-state index contributed by atoms with van der Waals surface area (Å²) in [6.07, 6.45) is 0. The lowest BCUT2D eigenvalue weighted by atomic mass is 10.5. The number of carbonyl (C=O) groups excluding carboxylic acids is 2. The molecule has 0 atom stereocenters. The number of hydrogen-bond acceptors (Lipinski definition) is 5. The maximum absolute atomic E-state index is 11.1. The second kappa shape index (κ2) is 12.2. The topological polar surface area (TPSA) is 76.7 Å². The first-order valence-electron chi connectivity index (χ1n) is 4.82. The van der Waals surface area contributed by atoms with E-state index < -0.39 is 5.97 Å². The van der Waals surface area contributed by atoms with Crippen molar-refractivity contribution in [2.24, 2.45) is 0 Å². The van der Waals surface area contributed by atoms with E-state index in [9.17, 15) is 9.59 Å². The molecular weight excluding hydrogens is 236 g/mol. The van der Waals surface area contributed by atoms with Gasteiger partial charge in [-0.2, -0.15) is 0 Å². The Kier molecular flexibility index (Phi) is 13.4. The van der Waals surface area contributed by atoms with Crippen LogP contribution in [0.5, 0.6) is 0 Å². The summed E-state index contributed by atoms with van der Waals surface area (Å²) in [6.45, 7) is 3.27. The van der Waals surface area contributed by atoms with Crippen molar-refractivity contribution in [1.29, 1.82) is 0 Å². The molecule has 0 aliphatic carbocycles. The van der Waals surface area contributed by atoms with Crippen LogP contribution in [0.15, 0.2) is 0 Å². The summed E-state index contributed by atoms with van der Waals surface area (Å²) in [5, 5.41) is 5.28. The first-order valence-corrected chi connectivity index (χ1v) is 4.82. The highest BCUT2D eigenvalue weighted by Crippen LogP contribution is 1.75. The fraction of sp³-hybridized carbons (Fsp3) is 0.778. The van der Waals surface area contributed by atoms with Gasteiger partial charge in [0.25, 0.3) is 0 Å². The Labute approximate surface area is 101 Å². The standard InChI is InChI=1S/C9H18N2O4.ClH/c1-3-15-9(13)7-11-8(12)6-10-4-5-14-2;/h10H,3-7H2,1-2H3,(H,11,12);1H. The summed E-state index contributed by atoms with van der Waals surface area (Å²) >= 11 is 0. The van der Waals surface area contributed by atoms with Crippen LogP contribution in [0.4, 0.5) is 0 Å². The van der Waals surface area contributed by atoms with Crippen molar-refractivity contribution in [1.82, 2.24) is 10.6 Å². The number of ether oxygens (including phenoxy) is 2. The molecule has 0 fully saturated rings. The second-order valence-electron chi connectivity index (χ2n) is 2.75. The Hall–Kier alpha value is -0.850. The molecule has 0 aromatic carbocycles. The summed E-state index contributed by atoms with van der Waals surface area (Å²) in [5.41, 5.74) is 0. The van der Waals surface area contributed by atoms with Crippen LogP contribution in [0.2, 0.25) is 0 Å². The highest BCUT2D eigenvalue weighted by molar-refractivity contribution is 5.85. The van der Waals surface area contributed by atoms with E-state index in [-0.39, 0.29) is 31.4 Å². The molecule has 96 valence electrons. The van der Waals surface area contributed by atoms with Gasteiger partial charge in [-0.3, -0.25) is 9.59 Å². The van der Waals surface area contributed by atoms with Crippen molar-refractivity contribution >= 4 is 24.3 Å². The third-order valence-electron chi connectivity index (χ3n) is 1.50. The van der Waals surface area contributed by atoms with Gasteiger partial charge in [0.05, 0.1) is 19.8 Å². The Balaban J connectivity index is 0. The molecular formula is C9H19ClN2O4. The lowest BCUT2D eigenvalue weighted by Crippen LogP contribution is -2.38. The van der Waals surface area contributed by atoms with Crippen LogP contribution in [0.3, 0.4) is 0 Å². The zero-order chi connectivity index (χ0) is 11.5. The minimum absolute atomic E-state index is 0. The van der Waals surface area contributed by atoms with E-state index in [0.29, 0.717) is 19.8 Å². The van der Waals surface area contributed by atoms with Crippen molar-refractivity contribution in [3.8, 4) is 0 Å². The van der Waals surface area contributed by atoms with Crippen LogP contribution in [0.25, 0.3) is 0 Å². The Bertz CT molecular complexity index is 202. The van der Waals surface area contributed by atoms with Crippen LogP contribution in [-0.4, -0.2) is 51.8 Å². The van der Waals surface area contributed by atoms with Gasteiger partial charge >= 0.3 is 5.97 Å². The Morgan fingerprint density at radius 2 is 1.94 bits per heavy atom. The monoisotopic (exact) mass is 254 g/mol. The van der Waals surface area contributed by atoms with Gasteiger partial charge in [0.1, 0.15) is 6.54 Å². The molecule has 0 rings (SSSR count). The first-order chi connectivity index (χ1) is 7.20. The fourth-order valence-electron chi connectivity index (χ4n) is 0.821. The molecule has 6 nitrogen and oxygen atoms in total. The van der Waals surface area contributed by atoms with Crippen molar-refractivity contribution in [3.63, 3.8) is 0 Å². The molecule has 0 aromatic heterocycles. The zero-order valence-corrected chi connectivity index (χ0v) is 10.4. The van der Waals surface area contributed by atoms with Gasteiger partial charge in [0.15, 0.2) is 0 Å². The molecule has 2 N–H and O–H groups in total. The fourth-order valence-corrected chi connectivity index (χ4v) is 0.821. The molecule has 0 spiro atoms. The molecule has 0 aromatic rings. The largest absolute Gasteiger partial charge is 0.465 e.